The second kappa shape index (κ2) is 12.8. The zero-order valence-electron chi connectivity index (χ0n) is 17.3. The number of aromatic nitrogens is 2. The summed E-state index contributed by atoms with van der Waals surface area (Å²) in [6.45, 7) is 9.28. The molecule has 0 saturated heterocycles. The summed E-state index contributed by atoms with van der Waals surface area (Å²) in [6, 6.07) is 3.82. The van der Waals surface area contributed by atoms with E-state index in [1.54, 1.807) is 7.11 Å². The van der Waals surface area contributed by atoms with Crippen LogP contribution in [0.5, 0.6) is 0 Å². The topological polar surface area (TPSA) is 110 Å². The number of rotatable bonds is 13. The van der Waals surface area contributed by atoms with E-state index in [4.69, 9.17) is 19.0 Å². The molecule has 0 aromatic carbocycles. The third-order valence-corrected chi connectivity index (χ3v) is 6.03. The number of nitrogens with zero attached hydrogens (tertiary/aromatic N) is 3. The zero-order chi connectivity index (χ0) is 21.1. The van der Waals surface area contributed by atoms with Crippen molar-refractivity contribution < 1.29 is 13.8 Å². The predicted molar refractivity (Wildman–Crippen MR) is 108 cm³/mol. The summed E-state index contributed by atoms with van der Waals surface area (Å²) >= 11 is 0. The van der Waals surface area contributed by atoms with Crippen LogP contribution in [-0.2, 0) is 20.3 Å². The van der Waals surface area contributed by atoms with Crippen molar-refractivity contribution >= 4 is 8.53 Å². The van der Waals surface area contributed by atoms with Crippen LogP contribution in [0.15, 0.2) is 21.9 Å². The Morgan fingerprint density at radius 3 is 2.46 bits per heavy atom. The Kier molecular flexibility index (Phi) is 11.2. The quantitative estimate of drug-likeness (QED) is 0.389. The number of hydrogen-bond acceptors (Lipinski definition) is 7. The van der Waals surface area contributed by atoms with Crippen molar-refractivity contribution in [1.29, 1.82) is 5.26 Å². The fraction of sp³-hybridized carbons (Fsp3) is 0.722. The van der Waals surface area contributed by atoms with E-state index in [-0.39, 0.29) is 18.2 Å². The Bertz CT molecular complexity index is 720. The van der Waals surface area contributed by atoms with E-state index in [0.717, 1.165) is 0 Å². The minimum Gasteiger partial charge on any atom is -0.379 e. The molecule has 9 nitrogen and oxygen atoms in total. The molecule has 0 aliphatic heterocycles. The van der Waals surface area contributed by atoms with Crippen molar-refractivity contribution in [3.8, 4) is 6.07 Å². The molecule has 10 heteroatoms. The summed E-state index contributed by atoms with van der Waals surface area (Å²) in [5, 5.41) is 8.76. The van der Waals surface area contributed by atoms with E-state index in [1.165, 1.54) is 16.8 Å². The van der Waals surface area contributed by atoms with E-state index in [1.807, 2.05) is 0 Å². The molecule has 0 spiro atoms. The van der Waals surface area contributed by atoms with Gasteiger partial charge in [-0.2, -0.15) is 5.26 Å². The summed E-state index contributed by atoms with van der Waals surface area (Å²) in [4.78, 5) is 25.2. The highest BCUT2D eigenvalue weighted by Gasteiger charge is 2.28. The van der Waals surface area contributed by atoms with Crippen LogP contribution in [0.4, 0.5) is 0 Å². The van der Waals surface area contributed by atoms with Gasteiger partial charge in [0.05, 0.1) is 31.8 Å². The smallest absolute Gasteiger partial charge is 0.328 e. The maximum Gasteiger partial charge on any atom is 0.328 e. The van der Waals surface area contributed by atoms with Gasteiger partial charge in [-0.05, 0) is 34.1 Å². The van der Waals surface area contributed by atoms with Crippen LogP contribution >= 0.6 is 8.53 Å². The molecule has 0 fully saturated rings. The predicted octanol–water partition coefficient (Wildman–Crippen LogP) is 2.23. The minimum absolute atomic E-state index is 0.217. The van der Waals surface area contributed by atoms with Crippen LogP contribution in [0.1, 0.15) is 40.5 Å². The highest BCUT2D eigenvalue weighted by atomic mass is 31.2. The molecule has 2 unspecified atom stereocenters. The van der Waals surface area contributed by atoms with Gasteiger partial charge in [0.25, 0.3) is 14.1 Å². The standard InChI is InChI=1S/C18H31N4O5P/c1-14(2)22(15(3)4)28(26-12-6-9-19)27-13-16(25-5)7-10-21-11-8-17(23)20-18(21)24/h8,11,14-16H,6-7,10,12-13H2,1-5H3,(H,20,23,24). The number of ether oxygens (including phenoxy) is 1. The van der Waals surface area contributed by atoms with Crippen molar-refractivity contribution in [1.82, 2.24) is 14.2 Å². The molecule has 158 valence electrons. The lowest BCUT2D eigenvalue weighted by atomic mass is 10.2. The Morgan fingerprint density at radius 2 is 1.93 bits per heavy atom. The second-order valence-corrected chi connectivity index (χ2v) is 8.25. The molecule has 0 aliphatic carbocycles. The fourth-order valence-corrected chi connectivity index (χ4v) is 4.27. The maximum absolute atomic E-state index is 11.8. The molecule has 0 bridgehead atoms. The zero-order valence-corrected chi connectivity index (χ0v) is 18.1. The molecule has 0 radical (unpaired) electrons. The molecular weight excluding hydrogens is 383 g/mol. The van der Waals surface area contributed by atoms with Gasteiger partial charge in [0.1, 0.15) is 0 Å². The van der Waals surface area contributed by atoms with E-state index in [9.17, 15) is 9.59 Å². The molecule has 0 saturated carbocycles. The third-order valence-electron chi connectivity index (χ3n) is 3.96. The fourth-order valence-electron chi connectivity index (χ4n) is 2.63. The lowest BCUT2D eigenvalue weighted by Crippen LogP contribution is -2.34. The van der Waals surface area contributed by atoms with Gasteiger partial charge in [-0.15, -0.1) is 0 Å². The van der Waals surface area contributed by atoms with Gasteiger partial charge < -0.3 is 18.4 Å². The van der Waals surface area contributed by atoms with Crippen LogP contribution in [-0.4, -0.2) is 52.7 Å². The van der Waals surface area contributed by atoms with Gasteiger partial charge in [-0.25, -0.2) is 9.46 Å². The largest absolute Gasteiger partial charge is 0.379 e. The molecule has 1 N–H and O–H groups in total. The average molecular weight is 414 g/mol. The van der Waals surface area contributed by atoms with E-state index >= 15 is 0 Å². The first-order chi connectivity index (χ1) is 13.3. The Hall–Kier alpha value is -1.56. The summed E-state index contributed by atoms with van der Waals surface area (Å²) in [7, 11) is 0.246. The summed E-state index contributed by atoms with van der Waals surface area (Å²) in [6.07, 6.45) is 2.05. The highest BCUT2D eigenvalue weighted by Crippen LogP contribution is 2.46. The van der Waals surface area contributed by atoms with Crippen molar-refractivity contribution in [2.75, 3.05) is 20.3 Å². The van der Waals surface area contributed by atoms with Gasteiger partial charge in [0.15, 0.2) is 0 Å². The molecule has 1 aromatic heterocycles. The number of methoxy groups -OCH3 is 1. The van der Waals surface area contributed by atoms with E-state index in [0.29, 0.717) is 32.6 Å². The third kappa shape index (κ3) is 8.21. The number of nitrogens with one attached hydrogen (secondary N) is 1. The van der Waals surface area contributed by atoms with Crippen molar-refractivity contribution in [2.45, 2.75) is 65.3 Å². The normalized spacial score (nSPS) is 13.8. The number of H-pyrrole nitrogens is 1. The summed E-state index contributed by atoms with van der Waals surface area (Å²) in [5.74, 6) is 0. The number of aromatic amines is 1. The van der Waals surface area contributed by atoms with Crippen molar-refractivity contribution in [2.24, 2.45) is 0 Å². The molecule has 1 heterocycles. The van der Waals surface area contributed by atoms with Crippen molar-refractivity contribution in [3.05, 3.63) is 33.1 Å². The van der Waals surface area contributed by atoms with Gasteiger partial charge in [0.2, 0.25) is 0 Å². The lowest BCUT2D eigenvalue weighted by Gasteiger charge is -2.36. The van der Waals surface area contributed by atoms with Crippen LogP contribution < -0.4 is 11.2 Å². The SMILES string of the molecule is COC(CCn1ccc(=O)[nH]c1=O)COP(OCCC#N)N(C(C)C)C(C)C. The Balaban J connectivity index is 2.71. The molecule has 1 aromatic rings. The van der Waals surface area contributed by atoms with Crippen LogP contribution in [0, 0.1) is 11.3 Å². The molecule has 0 amide bonds. The summed E-state index contributed by atoms with van der Waals surface area (Å²) < 4.78 is 21.0. The van der Waals surface area contributed by atoms with Gasteiger partial charge in [-0.3, -0.25) is 9.78 Å². The Morgan fingerprint density at radius 1 is 1.25 bits per heavy atom. The molecule has 0 aliphatic rings. The van der Waals surface area contributed by atoms with Gasteiger partial charge in [0, 0.05) is 38.0 Å². The van der Waals surface area contributed by atoms with E-state index in [2.05, 4.69) is 43.4 Å². The van der Waals surface area contributed by atoms with Gasteiger partial charge in [-0.1, -0.05) is 0 Å². The van der Waals surface area contributed by atoms with E-state index < -0.39 is 19.8 Å². The highest BCUT2D eigenvalue weighted by molar-refractivity contribution is 7.44. The molecule has 1 rings (SSSR count). The molecule has 2 atom stereocenters. The van der Waals surface area contributed by atoms with Gasteiger partial charge >= 0.3 is 5.69 Å². The van der Waals surface area contributed by atoms with Crippen LogP contribution in [0.2, 0.25) is 0 Å². The van der Waals surface area contributed by atoms with Crippen molar-refractivity contribution in [3.63, 3.8) is 0 Å². The van der Waals surface area contributed by atoms with Crippen LogP contribution in [0.3, 0.4) is 0 Å². The second-order valence-electron chi connectivity index (χ2n) is 6.79. The lowest BCUT2D eigenvalue weighted by molar-refractivity contribution is 0.0405. The number of hydrogen-bond donors (Lipinski definition) is 1. The number of nitriles is 1. The van der Waals surface area contributed by atoms with Crippen LogP contribution in [0.25, 0.3) is 0 Å². The minimum atomic E-state index is -1.34. The Labute approximate surface area is 167 Å². The first-order valence-electron chi connectivity index (χ1n) is 9.33. The average Bonchev–Trinajstić information content (AvgIpc) is 2.62. The maximum atomic E-state index is 11.8. The molecule has 28 heavy (non-hydrogen) atoms. The molecular formula is C18H31N4O5P. The monoisotopic (exact) mass is 414 g/mol. The first-order valence-corrected chi connectivity index (χ1v) is 10.5. The number of aryl methyl sites for hydroxylation is 1. The summed E-state index contributed by atoms with van der Waals surface area (Å²) in [5.41, 5.74) is -0.869. The first kappa shape index (κ1) is 24.5.